The van der Waals surface area contributed by atoms with Crippen molar-refractivity contribution in [3.8, 4) is 0 Å². The maximum absolute atomic E-state index is 13.3. The van der Waals surface area contributed by atoms with Gasteiger partial charge in [0.25, 0.3) is 0 Å². The summed E-state index contributed by atoms with van der Waals surface area (Å²) in [5.74, 6) is -0.451. The Morgan fingerprint density at radius 2 is 1.80 bits per heavy atom. The van der Waals surface area contributed by atoms with Crippen molar-refractivity contribution in [3.63, 3.8) is 0 Å². The number of carbonyl (C=O) groups excluding carboxylic acids is 1. The predicted molar refractivity (Wildman–Crippen MR) is 81.3 cm³/mol. The van der Waals surface area contributed by atoms with Gasteiger partial charge in [-0.2, -0.15) is 0 Å². The van der Waals surface area contributed by atoms with E-state index in [0.717, 1.165) is 10.0 Å². The molecule has 2 N–H and O–H groups in total. The van der Waals surface area contributed by atoms with Crippen LogP contribution in [-0.4, -0.2) is 12.6 Å². The summed E-state index contributed by atoms with van der Waals surface area (Å²) in [7, 11) is 0. The number of halogens is 2. The van der Waals surface area contributed by atoms with E-state index in [2.05, 4.69) is 26.6 Å². The third kappa shape index (κ3) is 4.06. The van der Waals surface area contributed by atoms with Crippen molar-refractivity contribution >= 4 is 27.6 Å². The van der Waals surface area contributed by atoms with E-state index < -0.39 is 11.8 Å². The fraction of sp³-hybridized carbons (Fsp3) is 0.133. The Bertz CT molecular complexity index is 604. The van der Waals surface area contributed by atoms with Gasteiger partial charge in [-0.15, -0.1) is 0 Å². The highest BCUT2D eigenvalue weighted by molar-refractivity contribution is 9.10. The first kappa shape index (κ1) is 14.5. The predicted octanol–water partition coefficient (Wildman–Crippen LogP) is 3.95. The highest BCUT2D eigenvalue weighted by Gasteiger charge is 2.05. The zero-order chi connectivity index (χ0) is 14.4. The number of hydrogen-bond acceptors (Lipinski definition) is 1. The Morgan fingerprint density at radius 3 is 2.55 bits per heavy atom. The summed E-state index contributed by atoms with van der Waals surface area (Å²) >= 11 is 3.45. The van der Waals surface area contributed by atoms with Crippen LogP contribution in [-0.2, 0) is 6.42 Å². The molecule has 0 bridgehead atoms. The molecule has 2 amide bonds. The van der Waals surface area contributed by atoms with Crippen molar-refractivity contribution in [2.45, 2.75) is 6.42 Å². The number of rotatable bonds is 4. The van der Waals surface area contributed by atoms with Crippen molar-refractivity contribution < 1.29 is 9.18 Å². The van der Waals surface area contributed by atoms with Gasteiger partial charge in [0.1, 0.15) is 5.82 Å². The minimum atomic E-state index is -0.451. The Kier molecular flexibility index (Phi) is 5.12. The minimum absolute atomic E-state index is 0.172. The van der Waals surface area contributed by atoms with Crippen LogP contribution in [0.3, 0.4) is 0 Å². The molecule has 2 aromatic rings. The fourth-order valence-corrected chi connectivity index (χ4v) is 2.22. The number of urea groups is 1. The highest BCUT2D eigenvalue weighted by atomic mass is 79.9. The van der Waals surface area contributed by atoms with Crippen LogP contribution in [0.1, 0.15) is 5.56 Å². The van der Waals surface area contributed by atoms with E-state index in [1.54, 1.807) is 12.1 Å². The maximum atomic E-state index is 13.3. The van der Waals surface area contributed by atoms with E-state index >= 15 is 0 Å². The molecule has 5 heteroatoms. The summed E-state index contributed by atoms with van der Waals surface area (Å²) < 4.78 is 14.4. The maximum Gasteiger partial charge on any atom is 0.319 e. The molecule has 0 saturated heterocycles. The van der Waals surface area contributed by atoms with Crippen LogP contribution >= 0.6 is 15.9 Å². The molecule has 0 aliphatic heterocycles. The number of benzene rings is 2. The molecule has 0 aromatic heterocycles. The molecular formula is C15H14BrFN2O. The van der Waals surface area contributed by atoms with E-state index in [-0.39, 0.29) is 5.69 Å². The summed E-state index contributed by atoms with van der Waals surface area (Å²) in [6.45, 7) is 0.475. The second-order valence-corrected chi connectivity index (χ2v) is 5.06. The number of amides is 2. The van der Waals surface area contributed by atoms with Gasteiger partial charge >= 0.3 is 6.03 Å². The van der Waals surface area contributed by atoms with Crippen molar-refractivity contribution in [1.29, 1.82) is 0 Å². The number of nitrogens with one attached hydrogen (secondary N) is 2. The average Bonchev–Trinajstić information content (AvgIpc) is 2.43. The van der Waals surface area contributed by atoms with Crippen LogP contribution < -0.4 is 10.6 Å². The third-order valence-electron chi connectivity index (χ3n) is 2.76. The van der Waals surface area contributed by atoms with Gasteiger partial charge in [0.05, 0.1) is 5.69 Å². The average molecular weight is 337 g/mol. The molecule has 0 spiro atoms. The van der Waals surface area contributed by atoms with Crippen LogP contribution in [0.15, 0.2) is 53.0 Å². The molecule has 2 rings (SSSR count). The molecule has 0 atom stereocenters. The van der Waals surface area contributed by atoms with Gasteiger partial charge in [0.2, 0.25) is 0 Å². The summed E-state index contributed by atoms with van der Waals surface area (Å²) in [5, 5.41) is 5.17. The summed E-state index contributed by atoms with van der Waals surface area (Å²) in [6, 6.07) is 13.5. The van der Waals surface area contributed by atoms with Crippen LogP contribution in [0, 0.1) is 5.82 Å². The van der Waals surface area contributed by atoms with Gasteiger partial charge in [0.15, 0.2) is 0 Å². The number of para-hydroxylation sites is 1. The van der Waals surface area contributed by atoms with E-state index in [1.165, 1.54) is 12.1 Å². The molecule has 0 fully saturated rings. The molecule has 0 saturated carbocycles. The lowest BCUT2D eigenvalue weighted by molar-refractivity contribution is 0.252. The monoisotopic (exact) mass is 336 g/mol. The highest BCUT2D eigenvalue weighted by Crippen LogP contribution is 2.16. The van der Waals surface area contributed by atoms with E-state index in [1.807, 2.05) is 24.3 Å². The molecule has 20 heavy (non-hydrogen) atoms. The first-order valence-corrected chi connectivity index (χ1v) is 6.99. The Balaban J connectivity index is 1.82. The van der Waals surface area contributed by atoms with Crippen LogP contribution in [0.2, 0.25) is 0 Å². The van der Waals surface area contributed by atoms with Crippen molar-refractivity contribution in [1.82, 2.24) is 5.32 Å². The van der Waals surface area contributed by atoms with Gasteiger partial charge in [-0.05, 0) is 30.2 Å². The van der Waals surface area contributed by atoms with Crippen molar-refractivity contribution in [2.24, 2.45) is 0 Å². The molecule has 0 heterocycles. The summed E-state index contributed by atoms with van der Waals surface area (Å²) in [6.07, 6.45) is 0.701. The Labute approximate surface area is 125 Å². The van der Waals surface area contributed by atoms with E-state index in [0.29, 0.717) is 13.0 Å². The van der Waals surface area contributed by atoms with Gasteiger partial charge in [0, 0.05) is 11.0 Å². The van der Waals surface area contributed by atoms with Crippen LogP contribution in [0.5, 0.6) is 0 Å². The molecule has 0 unspecified atom stereocenters. The first-order valence-electron chi connectivity index (χ1n) is 6.19. The molecule has 104 valence electrons. The standard InChI is InChI=1S/C15H14BrFN2O/c16-12-6-2-1-5-11(12)9-10-18-15(20)19-14-8-4-3-7-13(14)17/h1-8H,9-10H2,(H2,18,19,20). The molecular weight excluding hydrogens is 323 g/mol. The van der Waals surface area contributed by atoms with Gasteiger partial charge in [-0.3, -0.25) is 0 Å². The molecule has 2 aromatic carbocycles. The molecule has 3 nitrogen and oxygen atoms in total. The first-order chi connectivity index (χ1) is 9.66. The van der Waals surface area contributed by atoms with Gasteiger partial charge in [-0.25, -0.2) is 9.18 Å². The zero-order valence-corrected chi connectivity index (χ0v) is 12.3. The van der Waals surface area contributed by atoms with Crippen molar-refractivity contribution in [3.05, 3.63) is 64.4 Å². The molecule has 0 aliphatic rings. The summed E-state index contributed by atoms with van der Waals surface area (Å²) in [5.41, 5.74) is 1.28. The topological polar surface area (TPSA) is 41.1 Å². The second-order valence-electron chi connectivity index (χ2n) is 4.20. The quantitative estimate of drug-likeness (QED) is 0.871. The summed E-state index contributed by atoms with van der Waals surface area (Å²) in [4.78, 5) is 11.6. The largest absolute Gasteiger partial charge is 0.338 e. The normalized spacial score (nSPS) is 10.1. The molecule has 0 aliphatic carbocycles. The third-order valence-corrected chi connectivity index (χ3v) is 3.53. The Hall–Kier alpha value is -1.88. The number of anilines is 1. The van der Waals surface area contributed by atoms with Crippen LogP contribution in [0.25, 0.3) is 0 Å². The lowest BCUT2D eigenvalue weighted by atomic mass is 10.1. The lowest BCUT2D eigenvalue weighted by Gasteiger charge is -2.09. The van der Waals surface area contributed by atoms with Crippen LogP contribution in [0.4, 0.5) is 14.9 Å². The van der Waals surface area contributed by atoms with Gasteiger partial charge in [-0.1, -0.05) is 46.3 Å². The zero-order valence-electron chi connectivity index (χ0n) is 10.7. The lowest BCUT2D eigenvalue weighted by Crippen LogP contribution is -2.30. The van der Waals surface area contributed by atoms with E-state index in [9.17, 15) is 9.18 Å². The van der Waals surface area contributed by atoms with Crippen molar-refractivity contribution in [2.75, 3.05) is 11.9 Å². The SMILES string of the molecule is O=C(NCCc1ccccc1Br)Nc1ccccc1F. The Morgan fingerprint density at radius 1 is 1.10 bits per heavy atom. The van der Waals surface area contributed by atoms with E-state index in [4.69, 9.17) is 0 Å². The minimum Gasteiger partial charge on any atom is -0.338 e. The second kappa shape index (κ2) is 7.05. The van der Waals surface area contributed by atoms with Gasteiger partial charge < -0.3 is 10.6 Å². The molecule has 0 radical (unpaired) electrons. The number of hydrogen-bond donors (Lipinski definition) is 2. The number of carbonyl (C=O) groups is 1. The smallest absolute Gasteiger partial charge is 0.319 e. The fourth-order valence-electron chi connectivity index (χ4n) is 1.74.